The monoisotopic (exact) mass is 328 g/mol. The lowest BCUT2D eigenvalue weighted by Gasteiger charge is -2.19. The Kier molecular flexibility index (Phi) is 5.53. The summed E-state index contributed by atoms with van der Waals surface area (Å²) in [5, 5.41) is 19.7. The standard InChI is InChI=1S/C14H14F2N2O3S/c15-10-2-1-9(7-11(10)16)13-17-12(8-22-13)14(21)18(3-5-19)4-6-20/h1-2,7-8,19-20H,3-6H2. The van der Waals surface area contributed by atoms with Gasteiger partial charge < -0.3 is 15.1 Å². The minimum absolute atomic E-state index is 0.0808. The fourth-order valence-electron chi connectivity index (χ4n) is 1.85. The highest BCUT2D eigenvalue weighted by Gasteiger charge is 2.18. The number of hydrogen-bond donors (Lipinski definition) is 2. The van der Waals surface area contributed by atoms with Crippen LogP contribution < -0.4 is 0 Å². The zero-order chi connectivity index (χ0) is 16.1. The molecule has 22 heavy (non-hydrogen) atoms. The van der Waals surface area contributed by atoms with E-state index in [1.165, 1.54) is 16.3 Å². The Bertz CT molecular complexity index is 657. The van der Waals surface area contributed by atoms with E-state index in [1.807, 2.05) is 0 Å². The van der Waals surface area contributed by atoms with Gasteiger partial charge in [-0.2, -0.15) is 0 Å². The zero-order valence-electron chi connectivity index (χ0n) is 11.5. The van der Waals surface area contributed by atoms with Crippen molar-refractivity contribution in [3.05, 3.63) is 40.9 Å². The molecule has 1 heterocycles. The molecule has 0 atom stereocenters. The number of carbonyl (C=O) groups excluding carboxylic acids is 1. The first-order valence-electron chi connectivity index (χ1n) is 6.48. The second kappa shape index (κ2) is 7.39. The van der Waals surface area contributed by atoms with E-state index >= 15 is 0 Å². The molecule has 0 aliphatic carbocycles. The molecule has 1 aromatic carbocycles. The summed E-state index contributed by atoms with van der Waals surface area (Å²) in [6.45, 7) is -0.299. The van der Waals surface area contributed by atoms with E-state index in [4.69, 9.17) is 10.2 Å². The Morgan fingerprint density at radius 3 is 2.45 bits per heavy atom. The van der Waals surface area contributed by atoms with Gasteiger partial charge in [0.1, 0.15) is 10.7 Å². The summed E-state index contributed by atoms with van der Waals surface area (Å²) in [5.41, 5.74) is 0.505. The quantitative estimate of drug-likeness (QED) is 0.843. The summed E-state index contributed by atoms with van der Waals surface area (Å²) >= 11 is 1.13. The number of halogens is 2. The molecule has 0 radical (unpaired) electrons. The van der Waals surface area contributed by atoms with Gasteiger partial charge in [-0.3, -0.25) is 4.79 Å². The van der Waals surface area contributed by atoms with Crippen molar-refractivity contribution in [2.75, 3.05) is 26.3 Å². The average Bonchev–Trinajstić information content (AvgIpc) is 2.99. The fourth-order valence-corrected chi connectivity index (χ4v) is 2.64. The van der Waals surface area contributed by atoms with E-state index in [0.717, 1.165) is 23.5 Å². The number of nitrogens with zero attached hydrogens (tertiary/aromatic N) is 2. The number of benzene rings is 1. The number of carbonyl (C=O) groups is 1. The lowest BCUT2D eigenvalue weighted by molar-refractivity contribution is 0.0680. The molecule has 2 aromatic rings. The van der Waals surface area contributed by atoms with Crippen LogP contribution in [0.2, 0.25) is 0 Å². The number of amides is 1. The number of rotatable bonds is 6. The molecule has 0 saturated heterocycles. The van der Waals surface area contributed by atoms with Crippen molar-refractivity contribution in [3.8, 4) is 10.6 Å². The van der Waals surface area contributed by atoms with Crippen LogP contribution in [-0.2, 0) is 0 Å². The molecule has 1 amide bonds. The minimum Gasteiger partial charge on any atom is -0.395 e. The van der Waals surface area contributed by atoms with E-state index < -0.39 is 17.5 Å². The van der Waals surface area contributed by atoms with Crippen molar-refractivity contribution >= 4 is 17.2 Å². The van der Waals surface area contributed by atoms with Crippen molar-refractivity contribution in [2.45, 2.75) is 0 Å². The first-order chi connectivity index (χ1) is 10.6. The van der Waals surface area contributed by atoms with Crippen molar-refractivity contribution in [1.29, 1.82) is 0 Å². The number of aliphatic hydroxyl groups is 2. The van der Waals surface area contributed by atoms with Crippen molar-refractivity contribution in [2.24, 2.45) is 0 Å². The van der Waals surface area contributed by atoms with Crippen molar-refractivity contribution < 1.29 is 23.8 Å². The third kappa shape index (κ3) is 3.65. The first-order valence-corrected chi connectivity index (χ1v) is 7.36. The molecule has 118 valence electrons. The van der Waals surface area contributed by atoms with Gasteiger partial charge in [0, 0.05) is 24.0 Å². The molecule has 2 N–H and O–H groups in total. The number of aromatic nitrogens is 1. The Morgan fingerprint density at radius 2 is 1.86 bits per heavy atom. The van der Waals surface area contributed by atoms with Crippen LogP contribution in [-0.4, -0.2) is 52.3 Å². The fraction of sp³-hybridized carbons (Fsp3) is 0.286. The van der Waals surface area contributed by atoms with Crippen molar-refractivity contribution in [3.63, 3.8) is 0 Å². The second-order valence-electron chi connectivity index (χ2n) is 4.41. The summed E-state index contributed by atoms with van der Waals surface area (Å²) in [7, 11) is 0. The maximum Gasteiger partial charge on any atom is 0.273 e. The molecule has 1 aromatic heterocycles. The van der Waals surface area contributed by atoms with E-state index in [-0.39, 0.29) is 32.0 Å². The lowest BCUT2D eigenvalue weighted by Crippen LogP contribution is -2.36. The van der Waals surface area contributed by atoms with Crippen LogP contribution in [0.5, 0.6) is 0 Å². The highest BCUT2D eigenvalue weighted by molar-refractivity contribution is 7.13. The van der Waals surface area contributed by atoms with Gasteiger partial charge in [0.05, 0.1) is 13.2 Å². The molecule has 0 bridgehead atoms. The zero-order valence-corrected chi connectivity index (χ0v) is 12.3. The van der Waals surface area contributed by atoms with Crippen LogP contribution in [0.15, 0.2) is 23.6 Å². The molecule has 0 spiro atoms. The van der Waals surface area contributed by atoms with E-state index in [0.29, 0.717) is 10.6 Å². The van der Waals surface area contributed by atoms with Gasteiger partial charge in [-0.25, -0.2) is 13.8 Å². The maximum absolute atomic E-state index is 13.2. The van der Waals surface area contributed by atoms with Gasteiger partial charge in [-0.15, -0.1) is 11.3 Å². The van der Waals surface area contributed by atoms with Crippen LogP contribution in [0, 0.1) is 11.6 Å². The molecule has 0 fully saturated rings. The van der Waals surface area contributed by atoms with Gasteiger partial charge in [-0.05, 0) is 18.2 Å². The summed E-state index contributed by atoms with van der Waals surface area (Å²) < 4.78 is 26.2. The normalized spacial score (nSPS) is 10.7. The van der Waals surface area contributed by atoms with Gasteiger partial charge in [-0.1, -0.05) is 0 Å². The molecule has 5 nitrogen and oxygen atoms in total. The molecule has 0 aliphatic rings. The van der Waals surface area contributed by atoms with Gasteiger partial charge >= 0.3 is 0 Å². The largest absolute Gasteiger partial charge is 0.395 e. The molecule has 8 heteroatoms. The number of hydrogen-bond acceptors (Lipinski definition) is 5. The van der Waals surface area contributed by atoms with Crippen LogP contribution in [0.1, 0.15) is 10.5 Å². The molecule has 0 unspecified atom stereocenters. The third-order valence-electron chi connectivity index (χ3n) is 2.92. The summed E-state index contributed by atoms with van der Waals surface area (Å²) in [5.74, 6) is -2.37. The van der Waals surface area contributed by atoms with E-state index in [2.05, 4.69) is 4.98 Å². The number of aliphatic hydroxyl groups excluding tert-OH is 2. The van der Waals surface area contributed by atoms with E-state index in [1.54, 1.807) is 0 Å². The summed E-state index contributed by atoms with van der Waals surface area (Å²) in [6.07, 6.45) is 0. The minimum atomic E-state index is -0.984. The Hall–Kier alpha value is -1.90. The van der Waals surface area contributed by atoms with Gasteiger partial charge in [0.25, 0.3) is 5.91 Å². The van der Waals surface area contributed by atoms with Crippen LogP contribution in [0.3, 0.4) is 0 Å². The molecule has 0 saturated carbocycles. The molecule has 2 rings (SSSR count). The van der Waals surface area contributed by atoms with Gasteiger partial charge in [0.15, 0.2) is 11.6 Å². The van der Waals surface area contributed by atoms with E-state index in [9.17, 15) is 13.6 Å². The summed E-state index contributed by atoms with van der Waals surface area (Å²) in [4.78, 5) is 17.6. The predicted octanol–water partition coefficient (Wildman–Crippen LogP) is 1.52. The number of thiazole rings is 1. The molecular formula is C14H14F2N2O3S. The Morgan fingerprint density at radius 1 is 1.18 bits per heavy atom. The highest BCUT2D eigenvalue weighted by atomic mass is 32.1. The van der Waals surface area contributed by atoms with Crippen LogP contribution >= 0.6 is 11.3 Å². The lowest BCUT2D eigenvalue weighted by atomic mass is 10.2. The third-order valence-corrected chi connectivity index (χ3v) is 3.81. The SMILES string of the molecule is O=C(c1csc(-c2ccc(F)c(F)c2)n1)N(CCO)CCO. The Balaban J connectivity index is 2.22. The first kappa shape index (κ1) is 16.5. The van der Waals surface area contributed by atoms with Gasteiger partial charge in [0.2, 0.25) is 0 Å². The summed E-state index contributed by atoms with van der Waals surface area (Å²) in [6, 6.07) is 3.39. The maximum atomic E-state index is 13.2. The average molecular weight is 328 g/mol. The van der Waals surface area contributed by atoms with Crippen molar-refractivity contribution in [1.82, 2.24) is 9.88 Å². The second-order valence-corrected chi connectivity index (χ2v) is 5.26. The predicted molar refractivity (Wildman–Crippen MR) is 77.5 cm³/mol. The van der Waals surface area contributed by atoms with Crippen LogP contribution in [0.4, 0.5) is 8.78 Å². The van der Waals surface area contributed by atoms with Crippen LogP contribution in [0.25, 0.3) is 10.6 Å². The Labute approximate surface area is 129 Å². The smallest absolute Gasteiger partial charge is 0.273 e. The molecule has 0 aliphatic heterocycles. The topological polar surface area (TPSA) is 73.7 Å². The highest BCUT2D eigenvalue weighted by Crippen LogP contribution is 2.25. The molecular weight excluding hydrogens is 314 g/mol.